The smallest absolute Gasteiger partial charge is 0.326 e. The molecule has 0 bridgehead atoms. The molecule has 24 heteroatoms. The summed E-state index contributed by atoms with van der Waals surface area (Å²) in [5, 5.41) is 45.1. The van der Waals surface area contributed by atoms with Gasteiger partial charge in [-0.15, -0.1) is 0 Å². The maximum Gasteiger partial charge on any atom is 0.326 e. The minimum atomic E-state index is -1.59. The van der Waals surface area contributed by atoms with Crippen molar-refractivity contribution in [3.8, 4) is 0 Å². The van der Waals surface area contributed by atoms with Gasteiger partial charge in [0.2, 0.25) is 47.3 Å². The van der Waals surface area contributed by atoms with Crippen molar-refractivity contribution in [3.63, 3.8) is 0 Å². The zero-order valence-electron chi connectivity index (χ0n) is 36.1. The molecule has 0 aromatic rings. The number of guanidine groups is 1. The normalized spacial score (nSPS) is 16.4. The second-order valence-corrected chi connectivity index (χ2v) is 16.4. The van der Waals surface area contributed by atoms with Gasteiger partial charge in [0, 0.05) is 26.4 Å². The zero-order chi connectivity index (χ0) is 46.9. The van der Waals surface area contributed by atoms with E-state index in [1.165, 1.54) is 23.6 Å². The minimum Gasteiger partial charge on any atom is -0.480 e. The first-order chi connectivity index (χ1) is 29.2. The van der Waals surface area contributed by atoms with Crippen molar-refractivity contribution in [3.05, 3.63) is 0 Å². The summed E-state index contributed by atoms with van der Waals surface area (Å²) in [6, 6.07) is -8.80. The summed E-state index contributed by atoms with van der Waals surface area (Å²) in [6.07, 6.45) is 3.44. The Kier molecular flexibility index (Phi) is 25.8. The summed E-state index contributed by atoms with van der Waals surface area (Å²) < 4.78 is 0. The number of rotatable bonds is 30. The first-order valence-corrected chi connectivity index (χ1v) is 22.1. The van der Waals surface area contributed by atoms with Crippen LogP contribution in [0.5, 0.6) is 0 Å². The fourth-order valence-electron chi connectivity index (χ4n) is 6.60. The fraction of sp³-hybridized carbons (Fsp3) is 0.737. The summed E-state index contributed by atoms with van der Waals surface area (Å²) in [6.45, 7) is 4.44. The van der Waals surface area contributed by atoms with E-state index in [0.29, 0.717) is 31.6 Å². The standard InChI is InChI=1S/C38H68N12O11S/c1-21(2)19-27(37(60)61)48-31(54)23(9-5-6-15-39)45-33(56)25(14-18-62-4)46-34(57)28(20-51)49-35(58)29-11-8-17-50(29)36(59)26(10-7-16-43-38(41)42)47-32(55)24(44-22(3)52)12-13-30(40)53/h21,23-29,51H,5-20,39H2,1-4H3,(H2,40,53)(H,44,52)(H,45,56)(H,46,57)(H,47,55)(H,48,54)(H,49,58)(H,60,61)(H4,41,42,43)/t23-,24-,25-,26-,27-,28-,29-/m0/s1. The molecule has 1 aliphatic heterocycles. The monoisotopic (exact) mass is 900 g/mol. The van der Waals surface area contributed by atoms with Crippen molar-refractivity contribution in [2.45, 2.75) is 134 Å². The van der Waals surface area contributed by atoms with Crippen molar-refractivity contribution in [2.24, 2.45) is 23.1 Å². The SMILES string of the molecule is CSCC[C@H](NC(=O)[C@H](CO)NC(=O)[C@@H]1CCCN1C(=O)[C@H](CCCNC(=N)N)NC(=O)[C@H](CCC(N)=O)NC(C)=O)C(=O)N[C@@H](CCCCN)C(=O)N[C@@H](CC(C)C)C(=O)O. The number of likely N-dealkylation sites (tertiary alicyclic amines) is 1. The van der Waals surface area contributed by atoms with Crippen molar-refractivity contribution in [1.82, 2.24) is 42.1 Å². The van der Waals surface area contributed by atoms with Crippen LogP contribution in [-0.4, -0.2) is 155 Å². The van der Waals surface area contributed by atoms with Gasteiger partial charge in [0.15, 0.2) is 5.96 Å². The largest absolute Gasteiger partial charge is 0.480 e. The van der Waals surface area contributed by atoms with Crippen LogP contribution in [0.3, 0.4) is 0 Å². The topological polar surface area (TPSA) is 383 Å². The Morgan fingerprint density at radius 3 is 1.82 bits per heavy atom. The van der Waals surface area contributed by atoms with E-state index in [-0.39, 0.29) is 76.3 Å². The number of nitrogens with zero attached hydrogens (tertiary/aromatic N) is 1. The molecule has 0 aliphatic carbocycles. The number of carboxylic acids is 1. The predicted octanol–water partition coefficient (Wildman–Crippen LogP) is -3.56. The van der Waals surface area contributed by atoms with E-state index in [1.54, 1.807) is 20.1 Å². The van der Waals surface area contributed by atoms with Gasteiger partial charge in [-0.05, 0) is 88.7 Å². The summed E-state index contributed by atoms with van der Waals surface area (Å²) >= 11 is 1.37. The third-order valence-electron chi connectivity index (χ3n) is 9.77. The van der Waals surface area contributed by atoms with Crippen LogP contribution in [0.1, 0.15) is 91.4 Å². The number of hydrogen-bond donors (Lipinski definition) is 13. The van der Waals surface area contributed by atoms with E-state index in [4.69, 9.17) is 22.6 Å². The Labute approximate surface area is 366 Å². The number of aliphatic carboxylic acids is 1. The van der Waals surface area contributed by atoms with E-state index >= 15 is 0 Å². The molecular weight excluding hydrogens is 833 g/mol. The molecule has 1 saturated heterocycles. The highest BCUT2D eigenvalue weighted by Gasteiger charge is 2.40. The van der Waals surface area contributed by atoms with Crippen LogP contribution in [0.15, 0.2) is 0 Å². The molecule has 7 atom stereocenters. The number of carbonyl (C=O) groups is 9. The molecule has 0 unspecified atom stereocenters. The molecule has 1 heterocycles. The lowest BCUT2D eigenvalue weighted by atomic mass is 10.0. The molecule has 0 radical (unpaired) electrons. The second kappa shape index (κ2) is 29.1. The van der Waals surface area contributed by atoms with Crippen molar-refractivity contribution in [2.75, 3.05) is 38.2 Å². The number of unbranched alkanes of at least 4 members (excludes halogenated alkanes) is 1. The Bertz CT molecular complexity index is 1560. The van der Waals surface area contributed by atoms with Crippen LogP contribution in [0.2, 0.25) is 0 Å². The first kappa shape index (κ1) is 54.8. The number of carbonyl (C=O) groups excluding carboxylic acids is 8. The molecule has 23 nitrogen and oxygen atoms in total. The van der Waals surface area contributed by atoms with Gasteiger partial charge in [-0.3, -0.25) is 43.8 Å². The average Bonchev–Trinajstić information content (AvgIpc) is 3.70. The van der Waals surface area contributed by atoms with Crippen molar-refractivity contribution >= 4 is 70.9 Å². The molecule has 0 aromatic carbocycles. The number of nitrogens with one attached hydrogen (secondary N) is 8. The molecule has 1 rings (SSSR count). The molecule has 352 valence electrons. The molecule has 1 aliphatic rings. The summed E-state index contributed by atoms with van der Waals surface area (Å²) in [5.74, 6) is -7.19. The molecule has 0 spiro atoms. The van der Waals surface area contributed by atoms with Crippen LogP contribution < -0.4 is 54.4 Å². The first-order valence-electron chi connectivity index (χ1n) is 20.7. The number of hydrogen-bond acceptors (Lipinski definition) is 13. The Morgan fingerprint density at radius 2 is 1.31 bits per heavy atom. The number of carboxylic acid groups (broad SMARTS) is 1. The number of amides is 8. The van der Waals surface area contributed by atoms with Crippen LogP contribution in [-0.2, 0) is 43.2 Å². The number of primary amides is 1. The third-order valence-corrected chi connectivity index (χ3v) is 10.4. The van der Waals surface area contributed by atoms with Crippen LogP contribution in [0.25, 0.3) is 0 Å². The number of aliphatic hydroxyl groups excluding tert-OH is 1. The minimum absolute atomic E-state index is 0.00704. The quantitative estimate of drug-likeness (QED) is 0.0189. The number of thioether (sulfide) groups is 1. The average molecular weight is 901 g/mol. The molecule has 16 N–H and O–H groups in total. The van der Waals surface area contributed by atoms with Gasteiger partial charge < -0.3 is 69.5 Å². The third kappa shape index (κ3) is 20.6. The number of nitrogens with two attached hydrogens (primary N) is 3. The molecule has 0 aromatic heterocycles. The predicted molar refractivity (Wildman–Crippen MR) is 230 cm³/mol. The van der Waals surface area contributed by atoms with Crippen LogP contribution in [0, 0.1) is 11.3 Å². The second-order valence-electron chi connectivity index (χ2n) is 15.5. The molecule has 62 heavy (non-hydrogen) atoms. The van der Waals surface area contributed by atoms with Gasteiger partial charge >= 0.3 is 5.97 Å². The lowest BCUT2D eigenvalue weighted by molar-refractivity contribution is -0.143. The lowest BCUT2D eigenvalue weighted by Gasteiger charge is -2.31. The van der Waals surface area contributed by atoms with Gasteiger partial charge in [0.05, 0.1) is 6.61 Å². The van der Waals surface area contributed by atoms with E-state index in [2.05, 4.69) is 37.2 Å². The van der Waals surface area contributed by atoms with E-state index in [0.717, 1.165) is 0 Å². The van der Waals surface area contributed by atoms with Crippen molar-refractivity contribution in [1.29, 1.82) is 5.41 Å². The molecule has 8 amide bonds. The van der Waals surface area contributed by atoms with Gasteiger partial charge in [-0.1, -0.05) is 13.8 Å². The summed E-state index contributed by atoms with van der Waals surface area (Å²) in [5.41, 5.74) is 16.2. The maximum atomic E-state index is 14.0. The number of aliphatic hydroxyl groups is 1. The fourth-order valence-corrected chi connectivity index (χ4v) is 7.07. The van der Waals surface area contributed by atoms with Gasteiger partial charge in [-0.25, -0.2) is 4.79 Å². The van der Waals surface area contributed by atoms with Crippen molar-refractivity contribution < 1.29 is 53.4 Å². The Balaban J connectivity index is 3.25. The van der Waals surface area contributed by atoms with E-state index < -0.39 is 102 Å². The lowest BCUT2D eigenvalue weighted by Crippen LogP contribution is -2.60. The molecular formula is C38H68N12O11S. The van der Waals surface area contributed by atoms with Crippen LogP contribution in [0.4, 0.5) is 0 Å². The van der Waals surface area contributed by atoms with E-state index in [9.17, 15) is 53.4 Å². The zero-order valence-corrected chi connectivity index (χ0v) is 36.9. The van der Waals surface area contributed by atoms with E-state index in [1.807, 2.05) is 0 Å². The van der Waals surface area contributed by atoms with Crippen LogP contribution >= 0.6 is 11.8 Å². The Hall–Kier alpha value is -5.23. The Morgan fingerprint density at radius 1 is 0.758 bits per heavy atom. The van der Waals surface area contributed by atoms with Gasteiger partial charge in [0.25, 0.3) is 0 Å². The highest BCUT2D eigenvalue weighted by atomic mass is 32.2. The van der Waals surface area contributed by atoms with Gasteiger partial charge in [-0.2, -0.15) is 11.8 Å². The summed E-state index contributed by atoms with van der Waals surface area (Å²) in [4.78, 5) is 118. The summed E-state index contributed by atoms with van der Waals surface area (Å²) in [7, 11) is 0. The molecule has 1 fully saturated rings. The highest BCUT2D eigenvalue weighted by Crippen LogP contribution is 2.20. The highest BCUT2D eigenvalue weighted by molar-refractivity contribution is 7.98. The maximum absolute atomic E-state index is 14.0. The molecule has 0 saturated carbocycles. The van der Waals surface area contributed by atoms with Gasteiger partial charge in [0.1, 0.15) is 42.3 Å².